The molecule has 2 N–H and O–H groups in total. The van der Waals surface area contributed by atoms with Gasteiger partial charge in [-0.15, -0.1) is 23.1 Å². The Balaban J connectivity index is 1.52. The number of nitrogens with one attached hydrogen (secondary N) is 2. The molecule has 1 amide bonds. The predicted molar refractivity (Wildman–Crippen MR) is 138 cm³/mol. The second-order valence-electron chi connectivity index (χ2n) is 7.19. The van der Waals surface area contributed by atoms with E-state index in [4.69, 9.17) is 4.74 Å². The van der Waals surface area contributed by atoms with Crippen molar-refractivity contribution in [2.75, 3.05) is 17.1 Å². The van der Waals surface area contributed by atoms with Crippen molar-refractivity contribution in [2.45, 2.75) is 14.4 Å². The average Bonchev–Trinajstić information content (AvgIpc) is 3.40. The Morgan fingerprint density at radius 1 is 0.912 bits per heavy atom. The number of anilines is 2. The molecule has 1 heterocycles. The molecule has 0 saturated carbocycles. The predicted octanol–water partition coefficient (Wildman–Crippen LogP) is 6.03. The molecule has 34 heavy (non-hydrogen) atoms. The van der Waals surface area contributed by atoms with Gasteiger partial charge in [-0.25, -0.2) is 8.42 Å². The third-order valence-electron chi connectivity index (χ3n) is 4.80. The Labute approximate surface area is 207 Å². The van der Waals surface area contributed by atoms with E-state index in [1.165, 1.54) is 11.8 Å². The number of thioether (sulfide) groups is 1. The first kappa shape index (κ1) is 23.9. The molecule has 6 nitrogen and oxygen atoms in total. The number of carbonyl (C=O) groups excluding carboxylic acids is 1. The Bertz CT molecular complexity index is 1340. The largest absolute Gasteiger partial charge is 0.497 e. The molecule has 0 aliphatic carbocycles. The first-order valence-electron chi connectivity index (χ1n) is 10.3. The number of benzene rings is 3. The lowest BCUT2D eigenvalue weighted by molar-refractivity contribution is -0.115. The standard InChI is InChI=1S/C25H22N2O4S3/c1-31-21-10-5-9-20(17-21)26-25(28)24(18-7-3-2-4-8-18)33-22-14-12-19(13-15-22)27-34(29,30)23-11-6-16-32-23/h2-17,24,27H,1H3,(H,26,28). The van der Waals surface area contributed by atoms with Gasteiger partial charge >= 0.3 is 0 Å². The third kappa shape index (κ3) is 5.99. The van der Waals surface area contributed by atoms with E-state index in [0.29, 0.717) is 17.1 Å². The van der Waals surface area contributed by atoms with Gasteiger partial charge in [0, 0.05) is 22.3 Å². The van der Waals surface area contributed by atoms with E-state index in [9.17, 15) is 13.2 Å². The summed E-state index contributed by atoms with van der Waals surface area (Å²) in [7, 11) is -2.04. The van der Waals surface area contributed by atoms with Gasteiger partial charge in [0.05, 0.1) is 7.11 Å². The molecule has 1 aromatic heterocycles. The minimum Gasteiger partial charge on any atom is -0.497 e. The molecule has 0 saturated heterocycles. The van der Waals surface area contributed by atoms with Crippen molar-refractivity contribution < 1.29 is 17.9 Å². The zero-order valence-electron chi connectivity index (χ0n) is 18.2. The van der Waals surface area contributed by atoms with Gasteiger partial charge in [-0.1, -0.05) is 42.5 Å². The second kappa shape index (κ2) is 10.8. The van der Waals surface area contributed by atoms with Crippen LogP contribution in [-0.4, -0.2) is 21.4 Å². The number of sulfonamides is 1. The molecule has 1 unspecified atom stereocenters. The summed E-state index contributed by atoms with van der Waals surface area (Å²) in [5.41, 5.74) is 1.95. The highest BCUT2D eigenvalue weighted by Crippen LogP contribution is 2.37. The summed E-state index contributed by atoms with van der Waals surface area (Å²) in [5.74, 6) is 0.481. The van der Waals surface area contributed by atoms with Crippen molar-refractivity contribution in [2.24, 2.45) is 0 Å². The van der Waals surface area contributed by atoms with Crippen LogP contribution in [0.2, 0.25) is 0 Å². The van der Waals surface area contributed by atoms with Gasteiger partial charge in [0.1, 0.15) is 15.2 Å². The lowest BCUT2D eigenvalue weighted by Gasteiger charge is -2.18. The zero-order chi connectivity index (χ0) is 24.0. The van der Waals surface area contributed by atoms with E-state index in [0.717, 1.165) is 21.8 Å². The molecule has 0 aliphatic rings. The summed E-state index contributed by atoms with van der Waals surface area (Å²) in [6, 6.07) is 26.9. The topological polar surface area (TPSA) is 84.5 Å². The number of thiophene rings is 1. The van der Waals surface area contributed by atoms with Crippen molar-refractivity contribution in [1.82, 2.24) is 0 Å². The van der Waals surface area contributed by atoms with Crippen LogP contribution >= 0.6 is 23.1 Å². The molecular formula is C25H22N2O4S3. The van der Waals surface area contributed by atoms with E-state index in [-0.39, 0.29) is 10.1 Å². The van der Waals surface area contributed by atoms with Gasteiger partial charge in [-0.05, 0) is 53.4 Å². The van der Waals surface area contributed by atoms with Gasteiger partial charge in [-0.2, -0.15) is 0 Å². The normalized spacial score (nSPS) is 12.0. The Kier molecular flexibility index (Phi) is 7.56. The summed E-state index contributed by atoms with van der Waals surface area (Å²) in [6.45, 7) is 0. The molecule has 0 aliphatic heterocycles. The highest BCUT2D eigenvalue weighted by atomic mass is 32.2. The maximum atomic E-state index is 13.2. The average molecular weight is 511 g/mol. The molecule has 4 aromatic rings. The van der Waals surface area contributed by atoms with E-state index < -0.39 is 15.3 Å². The summed E-state index contributed by atoms with van der Waals surface area (Å²) >= 11 is 2.54. The summed E-state index contributed by atoms with van der Waals surface area (Å²) < 4.78 is 33.0. The van der Waals surface area contributed by atoms with Crippen molar-refractivity contribution in [3.8, 4) is 5.75 Å². The van der Waals surface area contributed by atoms with Crippen LogP contribution in [0.25, 0.3) is 0 Å². The molecule has 0 spiro atoms. The van der Waals surface area contributed by atoms with Crippen LogP contribution in [0, 0.1) is 0 Å². The number of carbonyl (C=O) groups is 1. The van der Waals surface area contributed by atoms with Crippen molar-refractivity contribution >= 4 is 50.4 Å². The highest BCUT2D eigenvalue weighted by molar-refractivity contribution is 8.00. The smallest absolute Gasteiger partial charge is 0.271 e. The number of ether oxygens (including phenoxy) is 1. The van der Waals surface area contributed by atoms with Crippen LogP contribution < -0.4 is 14.8 Å². The molecule has 0 radical (unpaired) electrons. The lowest BCUT2D eigenvalue weighted by Crippen LogP contribution is -2.19. The summed E-state index contributed by atoms with van der Waals surface area (Å²) in [4.78, 5) is 14.1. The Hall–Kier alpha value is -3.27. The fourth-order valence-corrected chi connectivity index (χ4v) is 6.24. The first-order chi connectivity index (χ1) is 16.4. The van der Waals surface area contributed by atoms with Crippen LogP contribution in [0.15, 0.2) is 105 Å². The second-order valence-corrected chi connectivity index (χ2v) is 11.2. The first-order valence-corrected chi connectivity index (χ1v) is 13.5. The number of rotatable bonds is 9. The van der Waals surface area contributed by atoms with Crippen LogP contribution in [0.3, 0.4) is 0 Å². The number of hydrogen-bond acceptors (Lipinski definition) is 6. The lowest BCUT2D eigenvalue weighted by atomic mass is 10.1. The van der Waals surface area contributed by atoms with E-state index >= 15 is 0 Å². The molecule has 1 atom stereocenters. The van der Waals surface area contributed by atoms with Crippen LogP contribution in [-0.2, 0) is 14.8 Å². The minimum atomic E-state index is -3.62. The van der Waals surface area contributed by atoms with Gasteiger partial charge in [0.15, 0.2) is 0 Å². The quantitative estimate of drug-likeness (QED) is 0.269. The van der Waals surface area contributed by atoms with Crippen molar-refractivity contribution in [1.29, 1.82) is 0 Å². The van der Waals surface area contributed by atoms with E-state index in [1.54, 1.807) is 55.0 Å². The molecule has 174 valence electrons. The highest BCUT2D eigenvalue weighted by Gasteiger charge is 2.23. The van der Waals surface area contributed by atoms with Gasteiger partial charge in [0.2, 0.25) is 5.91 Å². The van der Waals surface area contributed by atoms with Crippen LogP contribution in [0.5, 0.6) is 5.75 Å². The Morgan fingerprint density at radius 2 is 1.68 bits per heavy atom. The molecule has 3 aromatic carbocycles. The van der Waals surface area contributed by atoms with Gasteiger partial charge in [-0.3, -0.25) is 9.52 Å². The molecule has 4 rings (SSSR count). The summed E-state index contributed by atoms with van der Waals surface area (Å²) in [6.07, 6.45) is 0. The monoisotopic (exact) mass is 510 g/mol. The SMILES string of the molecule is COc1cccc(NC(=O)C(Sc2ccc(NS(=O)(=O)c3cccs3)cc2)c2ccccc2)c1. The van der Waals surface area contributed by atoms with E-state index in [2.05, 4.69) is 10.0 Å². The maximum absolute atomic E-state index is 13.2. The maximum Gasteiger partial charge on any atom is 0.271 e. The van der Waals surface area contributed by atoms with Crippen LogP contribution in [0.4, 0.5) is 11.4 Å². The fraction of sp³-hybridized carbons (Fsp3) is 0.0800. The third-order valence-corrected chi connectivity index (χ3v) is 8.84. The number of hydrogen-bond donors (Lipinski definition) is 2. The minimum absolute atomic E-state index is 0.174. The van der Waals surface area contributed by atoms with Gasteiger partial charge < -0.3 is 10.1 Å². The molecular weight excluding hydrogens is 488 g/mol. The molecule has 0 bridgehead atoms. The number of methoxy groups -OCH3 is 1. The van der Waals surface area contributed by atoms with Gasteiger partial charge in [0.25, 0.3) is 10.0 Å². The zero-order valence-corrected chi connectivity index (χ0v) is 20.6. The van der Waals surface area contributed by atoms with Crippen LogP contribution in [0.1, 0.15) is 10.8 Å². The van der Waals surface area contributed by atoms with E-state index in [1.807, 2.05) is 48.5 Å². The number of amides is 1. The fourth-order valence-electron chi connectivity index (χ4n) is 3.17. The molecule has 9 heteroatoms. The Morgan fingerprint density at radius 3 is 2.35 bits per heavy atom. The molecule has 0 fully saturated rings. The van der Waals surface area contributed by atoms with Crippen molar-refractivity contribution in [3.05, 3.63) is 102 Å². The van der Waals surface area contributed by atoms with Crippen molar-refractivity contribution in [3.63, 3.8) is 0 Å². The summed E-state index contributed by atoms with van der Waals surface area (Å²) in [5, 5.41) is 4.17.